The van der Waals surface area contributed by atoms with Crippen molar-refractivity contribution < 1.29 is 9.90 Å². The van der Waals surface area contributed by atoms with Crippen LogP contribution in [0, 0.1) is 0 Å². The highest BCUT2D eigenvalue weighted by atomic mass is 16.3. The van der Waals surface area contributed by atoms with Crippen LogP contribution in [0.1, 0.15) is 47.2 Å². The summed E-state index contributed by atoms with van der Waals surface area (Å²) in [6, 6.07) is 6.37. The number of nitrogens with one attached hydrogen (secondary N) is 1. The second-order valence-corrected chi connectivity index (χ2v) is 5.75. The molecule has 1 saturated heterocycles. The normalized spacial score (nSPS) is 21.2. The Balaban J connectivity index is 1.74. The van der Waals surface area contributed by atoms with Gasteiger partial charge in [0.15, 0.2) is 0 Å². The standard InChI is InChI=1S/C16H22N2O2/c19-8-2-4-15-3-1-7-18(15)16(20)12-5-6-13-10-17-11-14(13)9-12/h5-6,9,15,17,19H,1-4,7-8,10-11H2. The minimum atomic E-state index is 0.153. The summed E-state index contributed by atoms with van der Waals surface area (Å²) in [6.45, 7) is 2.84. The third-order valence-electron chi connectivity index (χ3n) is 4.42. The molecule has 3 rings (SSSR count). The van der Waals surface area contributed by atoms with Crippen molar-refractivity contribution in [3.8, 4) is 0 Å². The summed E-state index contributed by atoms with van der Waals surface area (Å²) < 4.78 is 0. The third-order valence-corrected chi connectivity index (χ3v) is 4.42. The lowest BCUT2D eigenvalue weighted by Crippen LogP contribution is -2.35. The molecule has 2 N–H and O–H groups in total. The van der Waals surface area contributed by atoms with Crippen molar-refractivity contribution in [1.29, 1.82) is 0 Å². The predicted octanol–water partition coefficient (Wildman–Crippen LogP) is 1.67. The molecule has 1 aromatic carbocycles. The summed E-state index contributed by atoms with van der Waals surface area (Å²) in [4.78, 5) is 14.7. The van der Waals surface area contributed by atoms with Crippen molar-refractivity contribution in [3.05, 3.63) is 34.9 Å². The van der Waals surface area contributed by atoms with Gasteiger partial charge in [-0.05, 0) is 48.9 Å². The molecule has 2 aliphatic heterocycles. The van der Waals surface area contributed by atoms with Crippen molar-refractivity contribution in [2.75, 3.05) is 13.2 Å². The molecule has 20 heavy (non-hydrogen) atoms. The molecule has 4 nitrogen and oxygen atoms in total. The monoisotopic (exact) mass is 274 g/mol. The van der Waals surface area contributed by atoms with E-state index in [2.05, 4.69) is 11.4 Å². The van der Waals surface area contributed by atoms with Crippen LogP contribution in [0.5, 0.6) is 0 Å². The van der Waals surface area contributed by atoms with Crippen molar-refractivity contribution in [2.24, 2.45) is 0 Å². The van der Waals surface area contributed by atoms with Gasteiger partial charge in [0.25, 0.3) is 5.91 Å². The minimum Gasteiger partial charge on any atom is -0.396 e. The molecule has 4 heteroatoms. The molecule has 1 fully saturated rings. The van der Waals surface area contributed by atoms with E-state index in [1.165, 1.54) is 11.1 Å². The van der Waals surface area contributed by atoms with Crippen LogP contribution in [0.2, 0.25) is 0 Å². The fraction of sp³-hybridized carbons (Fsp3) is 0.562. The fourth-order valence-corrected chi connectivity index (χ4v) is 3.32. The Kier molecular flexibility index (Phi) is 4.03. The van der Waals surface area contributed by atoms with Crippen LogP contribution in [0.15, 0.2) is 18.2 Å². The highest BCUT2D eigenvalue weighted by Gasteiger charge is 2.29. The number of amides is 1. The van der Waals surface area contributed by atoms with E-state index in [0.717, 1.165) is 50.9 Å². The van der Waals surface area contributed by atoms with Gasteiger partial charge in [-0.2, -0.15) is 0 Å². The number of hydrogen-bond donors (Lipinski definition) is 2. The molecule has 1 amide bonds. The first-order valence-electron chi connectivity index (χ1n) is 7.54. The number of likely N-dealkylation sites (tertiary alicyclic amines) is 1. The zero-order chi connectivity index (χ0) is 13.9. The first kappa shape index (κ1) is 13.6. The van der Waals surface area contributed by atoms with Crippen molar-refractivity contribution in [1.82, 2.24) is 10.2 Å². The van der Waals surface area contributed by atoms with Gasteiger partial charge < -0.3 is 15.3 Å². The average molecular weight is 274 g/mol. The molecule has 0 aliphatic carbocycles. The van der Waals surface area contributed by atoms with Crippen molar-refractivity contribution in [2.45, 2.75) is 44.8 Å². The summed E-state index contributed by atoms with van der Waals surface area (Å²) >= 11 is 0. The molecular weight excluding hydrogens is 252 g/mol. The molecule has 2 aliphatic rings. The number of benzene rings is 1. The van der Waals surface area contributed by atoms with E-state index in [4.69, 9.17) is 5.11 Å². The van der Waals surface area contributed by atoms with Crippen LogP contribution in [-0.4, -0.2) is 35.1 Å². The van der Waals surface area contributed by atoms with Gasteiger partial charge in [-0.25, -0.2) is 0 Å². The number of aliphatic hydroxyl groups is 1. The summed E-state index contributed by atoms with van der Waals surface area (Å²) in [6.07, 6.45) is 3.84. The Labute approximate surface area is 119 Å². The third kappa shape index (κ3) is 2.58. The molecule has 0 spiro atoms. The Morgan fingerprint density at radius 1 is 1.35 bits per heavy atom. The Morgan fingerprint density at radius 3 is 3.05 bits per heavy atom. The Morgan fingerprint density at radius 2 is 2.20 bits per heavy atom. The van der Waals surface area contributed by atoms with Gasteiger partial charge >= 0.3 is 0 Å². The SMILES string of the molecule is O=C(c1ccc2c(c1)CNC2)N1CCCC1CCCO. The zero-order valence-corrected chi connectivity index (χ0v) is 11.8. The van der Waals surface area contributed by atoms with E-state index in [0.29, 0.717) is 6.04 Å². The quantitative estimate of drug-likeness (QED) is 0.878. The van der Waals surface area contributed by atoms with E-state index in [9.17, 15) is 4.79 Å². The molecule has 2 heterocycles. The molecule has 1 aromatic rings. The number of aliphatic hydroxyl groups excluding tert-OH is 1. The topological polar surface area (TPSA) is 52.6 Å². The summed E-state index contributed by atoms with van der Waals surface area (Å²) in [5.74, 6) is 0.153. The molecule has 0 bridgehead atoms. The number of carbonyl (C=O) groups is 1. The lowest BCUT2D eigenvalue weighted by atomic mass is 10.0. The van der Waals surface area contributed by atoms with Gasteiger partial charge in [0, 0.05) is 37.8 Å². The lowest BCUT2D eigenvalue weighted by Gasteiger charge is -2.25. The Hall–Kier alpha value is -1.39. The van der Waals surface area contributed by atoms with Crippen LogP contribution in [-0.2, 0) is 13.1 Å². The fourth-order valence-electron chi connectivity index (χ4n) is 3.32. The summed E-state index contributed by atoms with van der Waals surface area (Å²) in [5, 5.41) is 12.3. The molecule has 1 atom stereocenters. The van der Waals surface area contributed by atoms with E-state index < -0.39 is 0 Å². The molecular formula is C16H22N2O2. The molecule has 1 unspecified atom stereocenters. The number of fused-ring (bicyclic) bond motifs is 1. The van der Waals surface area contributed by atoms with Crippen LogP contribution >= 0.6 is 0 Å². The molecule has 108 valence electrons. The van der Waals surface area contributed by atoms with Crippen LogP contribution < -0.4 is 5.32 Å². The number of hydrogen-bond acceptors (Lipinski definition) is 3. The van der Waals surface area contributed by atoms with E-state index in [-0.39, 0.29) is 12.5 Å². The molecule has 0 saturated carbocycles. The van der Waals surface area contributed by atoms with Crippen LogP contribution in [0.3, 0.4) is 0 Å². The van der Waals surface area contributed by atoms with Crippen molar-refractivity contribution >= 4 is 5.91 Å². The maximum absolute atomic E-state index is 12.7. The van der Waals surface area contributed by atoms with Gasteiger partial charge in [0.2, 0.25) is 0 Å². The van der Waals surface area contributed by atoms with E-state index in [1.807, 2.05) is 17.0 Å². The number of nitrogens with zero attached hydrogens (tertiary/aromatic N) is 1. The summed E-state index contributed by atoms with van der Waals surface area (Å²) in [5.41, 5.74) is 3.37. The maximum atomic E-state index is 12.7. The lowest BCUT2D eigenvalue weighted by molar-refractivity contribution is 0.0724. The predicted molar refractivity (Wildman–Crippen MR) is 77.4 cm³/mol. The first-order valence-corrected chi connectivity index (χ1v) is 7.54. The molecule has 0 radical (unpaired) electrons. The maximum Gasteiger partial charge on any atom is 0.254 e. The zero-order valence-electron chi connectivity index (χ0n) is 11.8. The highest BCUT2D eigenvalue weighted by molar-refractivity contribution is 5.95. The van der Waals surface area contributed by atoms with E-state index >= 15 is 0 Å². The van der Waals surface area contributed by atoms with Gasteiger partial charge in [-0.3, -0.25) is 4.79 Å². The first-order chi connectivity index (χ1) is 9.79. The largest absolute Gasteiger partial charge is 0.396 e. The Bertz CT molecular complexity index is 501. The van der Waals surface area contributed by atoms with Gasteiger partial charge in [-0.15, -0.1) is 0 Å². The van der Waals surface area contributed by atoms with Gasteiger partial charge in [0.1, 0.15) is 0 Å². The smallest absolute Gasteiger partial charge is 0.254 e. The molecule has 0 aromatic heterocycles. The van der Waals surface area contributed by atoms with Crippen LogP contribution in [0.4, 0.5) is 0 Å². The number of carbonyl (C=O) groups excluding carboxylic acids is 1. The van der Waals surface area contributed by atoms with Crippen LogP contribution in [0.25, 0.3) is 0 Å². The average Bonchev–Trinajstić information content (AvgIpc) is 3.12. The van der Waals surface area contributed by atoms with E-state index in [1.54, 1.807) is 0 Å². The van der Waals surface area contributed by atoms with Gasteiger partial charge in [-0.1, -0.05) is 6.07 Å². The number of rotatable bonds is 4. The van der Waals surface area contributed by atoms with Crippen molar-refractivity contribution in [3.63, 3.8) is 0 Å². The highest BCUT2D eigenvalue weighted by Crippen LogP contribution is 2.25. The van der Waals surface area contributed by atoms with Gasteiger partial charge in [0.05, 0.1) is 0 Å². The second kappa shape index (κ2) is 5.94. The minimum absolute atomic E-state index is 0.153. The summed E-state index contributed by atoms with van der Waals surface area (Å²) in [7, 11) is 0. The second-order valence-electron chi connectivity index (χ2n) is 5.75.